The van der Waals surface area contributed by atoms with E-state index in [1.54, 1.807) is 6.92 Å². The van der Waals surface area contributed by atoms with Crippen molar-refractivity contribution in [2.24, 2.45) is 0 Å². The van der Waals surface area contributed by atoms with Crippen molar-refractivity contribution in [2.45, 2.75) is 31.7 Å². The minimum Gasteiger partial charge on any atom is -0.465 e. The molecule has 0 spiro atoms. The van der Waals surface area contributed by atoms with Crippen molar-refractivity contribution >= 4 is 27.6 Å². The Kier molecular flexibility index (Phi) is 5.86. The van der Waals surface area contributed by atoms with Crippen LogP contribution in [0.2, 0.25) is 0 Å². The number of amides is 1. The molecular weight excluding hydrogens is 296 g/mol. The summed E-state index contributed by atoms with van der Waals surface area (Å²) >= 11 is 0. The normalized spacial score (nSPS) is 12.5. The first-order valence-electron chi connectivity index (χ1n) is 6.33. The molecule has 0 aliphatic carbocycles. The molecule has 0 aromatic heterocycles. The molecule has 1 rings (SSSR count). The van der Waals surface area contributed by atoms with Crippen LogP contribution < -0.4 is 10.0 Å². The summed E-state index contributed by atoms with van der Waals surface area (Å²) in [6.07, 6.45) is 0. The highest BCUT2D eigenvalue weighted by Gasteiger charge is 2.22. The molecule has 1 atom stereocenters. The molecule has 1 amide bonds. The second-order valence-electron chi connectivity index (χ2n) is 4.30. The van der Waals surface area contributed by atoms with Gasteiger partial charge in [-0.1, -0.05) is 0 Å². The number of hydrogen-bond donors (Lipinski definition) is 2. The summed E-state index contributed by atoms with van der Waals surface area (Å²) in [6, 6.07) is 4.62. The van der Waals surface area contributed by atoms with Crippen molar-refractivity contribution in [3.8, 4) is 0 Å². The van der Waals surface area contributed by atoms with Crippen molar-refractivity contribution in [2.75, 3.05) is 11.9 Å². The second-order valence-corrected chi connectivity index (χ2v) is 6.01. The molecule has 1 unspecified atom stereocenters. The molecule has 0 aliphatic rings. The van der Waals surface area contributed by atoms with E-state index in [0.717, 1.165) is 0 Å². The van der Waals surface area contributed by atoms with Crippen LogP contribution in [0.1, 0.15) is 20.8 Å². The van der Waals surface area contributed by atoms with E-state index in [1.807, 2.05) is 0 Å². The summed E-state index contributed by atoms with van der Waals surface area (Å²) in [5.41, 5.74) is 0.486. The smallest absolute Gasteiger partial charge is 0.323 e. The van der Waals surface area contributed by atoms with E-state index in [2.05, 4.69) is 10.0 Å². The molecule has 1 aromatic rings. The van der Waals surface area contributed by atoms with Gasteiger partial charge in [0.2, 0.25) is 15.9 Å². The van der Waals surface area contributed by atoms with Crippen molar-refractivity contribution in [1.82, 2.24) is 4.72 Å². The van der Waals surface area contributed by atoms with E-state index >= 15 is 0 Å². The molecule has 116 valence electrons. The molecule has 0 fully saturated rings. The number of hydrogen-bond acceptors (Lipinski definition) is 5. The Hall–Kier alpha value is -1.93. The first-order valence-corrected chi connectivity index (χ1v) is 7.81. The molecule has 2 N–H and O–H groups in total. The van der Waals surface area contributed by atoms with E-state index in [1.165, 1.54) is 38.1 Å². The van der Waals surface area contributed by atoms with E-state index in [-0.39, 0.29) is 17.4 Å². The van der Waals surface area contributed by atoms with Gasteiger partial charge in [-0.3, -0.25) is 9.59 Å². The van der Waals surface area contributed by atoms with Crippen LogP contribution in [0.3, 0.4) is 0 Å². The summed E-state index contributed by atoms with van der Waals surface area (Å²) in [6.45, 7) is 4.57. The van der Waals surface area contributed by atoms with E-state index < -0.39 is 22.0 Å². The van der Waals surface area contributed by atoms with Gasteiger partial charge in [0.15, 0.2) is 0 Å². The number of rotatable bonds is 6. The van der Waals surface area contributed by atoms with E-state index in [4.69, 9.17) is 4.74 Å². The largest absolute Gasteiger partial charge is 0.465 e. The zero-order valence-electron chi connectivity index (χ0n) is 12.0. The van der Waals surface area contributed by atoms with Crippen LogP contribution in [0.25, 0.3) is 0 Å². The van der Waals surface area contributed by atoms with Gasteiger partial charge in [0.05, 0.1) is 11.5 Å². The third kappa shape index (κ3) is 5.16. The Morgan fingerprint density at radius 2 is 1.81 bits per heavy atom. The lowest BCUT2D eigenvalue weighted by Crippen LogP contribution is -2.39. The monoisotopic (exact) mass is 314 g/mol. The summed E-state index contributed by atoms with van der Waals surface area (Å²) < 4.78 is 31.1. The van der Waals surface area contributed by atoms with Crippen LogP contribution in [-0.4, -0.2) is 32.9 Å². The Labute approximate surface area is 123 Å². The Morgan fingerprint density at radius 1 is 1.24 bits per heavy atom. The fraction of sp³-hybridized carbons (Fsp3) is 0.385. The molecule has 0 saturated heterocycles. The average molecular weight is 314 g/mol. The molecule has 0 radical (unpaired) electrons. The van der Waals surface area contributed by atoms with Crippen LogP contribution in [0.4, 0.5) is 5.69 Å². The number of sulfonamides is 1. The molecular formula is C13H18N2O5S. The highest BCUT2D eigenvalue weighted by Crippen LogP contribution is 2.14. The lowest BCUT2D eigenvalue weighted by molar-refractivity contribution is -0.144. The maximum Gasteiger partial charge on any atom is 0.323 e. The first kappa shape index (κ1) is 17.1. The average Bonchev–Trinajstić information content (AvgIpc) is 2.38. The van der Waals surface area contributed by atoms with Gasteiger partial charge in [-0.25, -0.2) is 8.42 Å². The van der Waals surface area contributed by atoms with Gasteiger partial charge in [-0.2, -0.15) is 4.72 Å². The van der Waals surface area contributed by atoms with Crippen LogP contribution in [-0.2, 0) is 24.3 Å². The van der Waals surface area contributed by atoms with E-state index in [0.29, 0.717) is 5.69 Å². The maximum absolute atomic E-state index is 12.1. The molecule has 8 heteroatoms. The summed E-state index contributed by atoms with van der Waals surface area (Å²) in [4.78, 5) is 22.3. The van der Waals surface area contributed by atoms with Crippen molar-refractivity contribution < 1.29 is 22.7 Å². The Morgan fingerprint density at radius 3 is 2.29 bits per heavy atom. The first-order chi connectivity index (χ1) is 9.76. The van der Waals surface area contributed by atoms with Crippen molar-refractivity contribution in [3.63, 3.8) is 0 Å². The van der Waals surface area contributed by atoms with Crippen molar-refractivity contribution in [1.29, 1.82) is 0 Å². The number of ether oxygens (including phenoxy) is 1. The van der Waals surface area contributed by atoms with Gasteiger partial charge < -0.3 is 10.1 Å². The fourth-order valence-electron chi connectivity index (χ4n) is 1.54. The second kappa shape index (κ2) is 7.19. The summed E-state index contributed by atoms with van der Waals surface area (Å²) in [5.74, 6) is -0.893. The van der Waals surface area contributed by atoms with E-state index in [9.17, 15) is 18.0 Å². The number of carbonyl (C=O) groups excluding carboxylic acids is 2. The highest BCUT2D eigenvalue weighted by atomic mass is 32.2. The van der Waals surface area contributed by atoms with Crippen LogP contribution >= 0.6 is 0 Å². The zero-order valence-corrected chi connectivity index (χ0v) is 12.9. The predicted octanol–water partition coefficient (Wildman–Crippen LogP) is 0.875. The maximum atomic E-state index is 12.1. The number of carbonyl (C=O) groups is 2. The number of esters is 1. The minimum atomic E-state index is -3.83. The van der Waals surface area contributed by atoms with Gasteiger partial charge in [0, 0.05) is 12.6 Å². The predicted molar refractivity (Wildman–Crippen MR) is 77.2 cm³/mol. The van der Waals surface area contributed by atoms with Crippen LogP contribution in [0.5, 0.6) is 0 Å². The lowest BCUT2D eigenvalue weighted by atomic mass is 10.3. The molecule has 0 saturated carbocycles. The third-order valence-corrected chi connectivity index (χ3v) is 4.01. The standard InChI is InChI=1S/C13H18N2O5S/c1-4-20-13(17)9(2)15-21(18,19)12-7-5-11(6-8-12)14-10(3)16/h5-9,15H,4H2,1-3H3,(H,14,16). The zero-order chi connectivity index (χ0) is 16.0. The lowest BCUT2D eigenvalue weighted by Gasteiger charge is -2.13. The molecule has 0 bridgehead atoms. The third-order valence-electron chi connectivity index (χ3n) is 2.46. The Balaban J connectivity index is 2.83. The van der Waals surface area contributed by atoms with Gasteiger partial charge in [0.25, 0.3) is 0 Å². The quantitative estimate of drug-likeness (QED) is 0.759. The number of anilines is 1. The van der Waals surface area contributed by atoms with Crippen LogP contribution in [0.15, 0.2) is 29.2 Å². The van der Waals surface area contributed by atoms with Gasteiger partial charge in [-0.15, -0.1) is 0 Å². The fourth-order valence-corrected chi connectivity index (χ4v) is 2.73. The minimum absolute atomic E-state index is 0.00671. The van der Waals surface area contributed by atoms with Crippen molar-refractivity contribution in [3.05, 3.63) is 24.3 Å². The summed E-state index contributed by atoms with van der Waals surface area (Å²) in [5, 5.41) is 2.53. The topological polar surface area (TPSA) is 102 Å². The molecule has 0 heterocycles. The summed E-state index contributed by atoms with van der Waals surface area (Å²) in [7, 11) is -3.83. The Bertz CT molecular complexity index is 610. The highest BCUT2D eigenvalue weighted by molar-refractivity contribution is 7.89. The van der Waals surface area contributed by atoms with Gasteiger partial charge in [-0.05, 0) is 38.1 Å². The SMILES string of the molecule is CCOC(=O)C(C)NS(=O)(=O)c1ccc(NC(C)=O)cc1. The molecule has 1 aromatic carbocycles. The molecule has 0 aliphatic heterocycles. The number of nitrogens with one attached hydrogen (secondary N) is 2. The number of benzene rings is 1. The van der Waals surface area contributed by atoms with Gasteiger partial charge in [0.1, 0.15) is 6.04 Å². The molecule has 21 heavy (non-hydrogen) atoms. The van der Waals surface area contributed by atoms with Gasteiger partial charge >= 0.3 is 5.97 Å². The van der Waals surface area contributed by atoms with Crippen LogP contribution in [0, 0.1) is 0 Å². The molecule has 7 nitrogen and oxygen atoms in total.